The summed E-state index contributed by atoms with van der Waals surface area (Å²) in [6, 6.07) is 13.4. The number of carboxylic acid groups (broad SMARTS) is 1. The number of hydrogen-bond donors (Lipinski definition) is 8. The molecule has 0 saturated heterocycles. The van der Waals surface area contributed by atoms with Gasteiger partial charge >= 0.3 is 5.97 Å². The molecule has 0 aliphatic heterocycles. The summed E-state index contributed by atoms with van der Waals surface area (Å²) in [5, 5.41) is 17.8. The van der Waals surface area contributed by atoms with Gasteiger partial charge in [0.15, 0.2) is 5.96 Å². The van der Waals surface area contributed by atoms with Crippen molar-refractivity contribution in [2.75, 3.05) is 6.54 Å². The Hall–Kier alpha value is -5.24. The van der Waals surface area contributed by atoms with Crippen molar-refractivity contribution in [3.63, 3.8) is 0 Å². The molecule has 14 heteroatoms. The van der Waals surface area contributed by atoms with Crippen molar-refractivity contribution in [1.82, 2.24) is 25.9 Å². The van der Waals surface area contributed by atoms with Crippen LogP contribution in [0, 0.1) is 0 Å². The first-order chi connectivity index (χ1) is 21.1. The predicted octanol–water partition coefficient (Wildman–Crippen LogP) is -0.642. The first-order valence-electron chi connectivity index (χ1n) is 14.1. The number of guanidine groups is 1. The summed E-state index contributed by atoms with van der Waals surface area (Å²) in [5.41, 5.74) is 18.8. The van der Waals surface area contributed by atoms with Crippen LogP contribution in [0.3, 0.4) is 0 Å². The van der Waals surface area contributed by atoms with Gasteiger partial charge in [-0.1, -0.05) is 60.7 Å². The van der Waals surface area contributed by atoms with Gasteiger partial charge < -0.3 is 43.2 Å². The molecule has 0 aliphatic rings. The smallest absolute Gasteiger partial charge is 0.326 e. The molecule has 234 valence electrons. The molecule has 4 unspecified atom stereocenters. The van der Waals surface area contributed by atoms with Gasteiger partial charge in [-0.15, -0.1) is 0 Å². The highest BCUT2D eigenvalue weighted by Gasteiger charge is 2.31. The van der Waals surface area contributed by atoms with Gasteiger partial charge in [-0.25, -0.2) is 9.78 Å². The van der Waals surface area contributed by atoms with Crippen molar-refractivity contribution in [2.24, 2.45) is 22.2 Å². The fourth-order valence-corrected chi connectivity index (χ4v) is 4.41. The molecule has 0 radical (unpaired) electrons. The van der Waals surface area contributed by atoms with Gasteiger partial charge in [-0.2, -0.15) is 0 Å². The molecule has 3 amide bonds. The van der Waals surface area contributed by atoms with Crippen molar-refractivity contribution in [3.05, 3.63) is 90.0 Å². The highest BCUT2D eigenvalue weighted by molar-refractivity contribution is 5.94. The lowest BCUT2D eigenvalue weighted by Crippen LogP contribution is -2.58. The fourth-order valence-electron chi connectivity index (χ4n) is 4.41. The second kappa shape index (κ2) is 17.0. The minimum atomic E-state index is -1.25. The van der Waals surface area contributed by atoms with Crippen LogP contribution in [-0.2, 0) is 38.4 Å². The third kappa shape index (κ3) is 11.2. The number of carbonyl (C=O) groups excluding carboxylic acids is 3. The number of aliphatic carboxylic acids is 1. The lowest BCUT2D eigenvalue weighted by Gasteiger charge is -2.25. The zero-order valence-corrected chi connectivity index (χ0v) is 24.2. The number of hydrogen-bond acceptors (Lipinski definition) is 7. The van der Waals surface area contributed by atoms with Gasteiger partial charge in [0.05, 0.1) is 12.4 Å². The van der Waals surface area contributed by atoms with E-state index in [2.05, 4.69) is 30.9 Å². The second-order valence-electron chi connectivity index (χ2n) is 10.2. The maximum Gasteiger partial charge on any atom is 0.326 e. The van der Waals surface area contributed by atoms with E-state index in [1.165, 1.54) is 12.5 Å². The molecule has 0 saturated carbocycles. The standard InChI is InChI=1S/C30H39N9O5/c31-22(12-7-13-35-30(32)33)26(40)37-23(14-19-8-3-1-4-9-19)27(41)38-24(16-21-17-34-18-36-21)28(42)39-25(29(43)44)15-20-10-5-2-6-11-20/h1-6,8-11,17-18,22-25H,7,12-16,31H2,(H,34,36)(H,37,40)(H,38,41)(H,39,42)(H,43,44)(H4,32,33,35). The monoisotopic (exact) mass is 605 g/mol. The third-order valence-electron chi connectivity index (χ3n) is 6.73. The van der Waals surface area contributed by atoms with E-state index in [1.54, 1.807) is 54.6 Å². The van der Waals surface area contributed by atoms with Crippen LogP contribution < -0.4 is 33.2 Å². The van der Waals surface area contributed by atoms with Crippen LogP contribution in [0.5, 0.6) is 0 Å². The number of rotatable bonds is 17. The Bertz CT molecular complexity index is 1380. The molecule has 0 bridgehead atoms. The Morgan fingerprint density at radius 3 is 1.84 bits per heavy atom. The second-order valence-corrected chi connectivity index (χ2v) is 10.2. The van der Waals surface area contributed by atoms with E-state index in [-0.39, 0.29) is 31.6 Å². The van der Waals surface area contributed by atoms with Crippen molar-refractivity contribution in [1.29, 1.82) is 0 Å². The predicted molar refractivity (Wildman–Crippen MR) is 164 cm³/mol. The minimum absolute atomic E-state index is 0.00837. The van der Waals surface area contributed by atoms with Gasteiger partial charge in [0, 0.05) is 37.7 Å². The van der Waals surface area contributed by atoms with Crippen molar-refractivity contribution < 1.29 is 24.3 Å². The number of aromatic nitrogens is 2. The molecule has 0 aliphatic carbocycles. The number of H-pyrrole nitrogens is 1. The summed E-state index contributed by atoms with van der Waals surface area (Å²) in [5.74, 6) is -3.21. The lowest BCUT2D eigenvalue weighted by molar-refractivity contribution is -0.142. The number of amides is 3. The molecule has 4 atom stereocenters. The quantitative estimate of drug-likeness (QED) is 0.0553. The normalized spacial score (nSPS) is 13.5. The molecule has 3 aromatic rings. The Morgan fingerprint density at radius 2 is 1.32 bits per heavy atom. The number of carbonyl (C=O) groups is 4. The number of carboxylic acids is 1. The number of nitrogens with two attached hydrogens (primary N) is 3. The molecule has 14 nitrogen and oxygen atoms in total. The maximum absolute atomic E-state index is 13.7. The van der Waals surface area contributed by atoms with Crippen LogP contribution in [0.25, 0.3) is 0 Å². The van der Waals surface area contributed by atoms with Gasteiger partial charge in [0.1, 0.15) is 18.1 Å². The molecule has 3 rings (SSSR count). The molecule has 11 N–H and O–H groups in total. The van der Waals surface area contributed by atoms with Gasteiger partial charge in [-0.3, -0.25) is 19.4 Å². The molecule has 0 spiro atoms. The molecule has 2 aromatic carbocycles. The van der Waals surface area contributed by atoms with Crippen molar-refractivity contribution >= 4 is 29.7 Å². The summed E-state index contributed by atoms with van der Waals surface area (Å²) >= 11 is 0. The van der Waals surface area contributed by atoms with E-state index in [4.69, 9.17) is 17.2 Å². The van der Waals surface area contributed by atoms with E-state index >= 15 is 0 Å². The summed E-state index contributed by atoms with van der Waals surface area (Å²) in [6.07, 6.45) is 3.78. The van der Waals surface area contributed by atoms with Crippen LogP contribution >= 0.6 is 0 Å². The average Bonchev–Trinajstić information content (AvgIpc) is 3.52. The van der Waals surface area contributed by atoms with E-state index in [9.17, 15) is 24.3 Å². The first kappa shape index (κ1) is 33.3. The maximum atomic E-state index is 13.7. The largest absolute Gasteiger partial charge is 0.480 e. The molecule has 1 aromatic heterocycles. The lowest BCUT2D eigenvalue weighted by atomic mass is 10.0. The van der Waals surface area contributed by atoms with E-state index in [0.29, 0.717) is 18.7 Å². The highest BCUT2D eigenvalue weighted by Crippen LogP contribution is 2.08. The Labute approximate surface area is 254 Å². The number of nitrogens with zero attached hydrogens (tertiary/aromatic N) is 2. The van der Waals surface area contributed by atoms with E-state index in [0.717, 1.165) is 11.1 Å². The Balaban J connectivity index is 1.77. The third-order valence-corrected chi connectivity index (χ3v) is 6.73. The summed E-state index contributed by atoms with van der Waals surface area (Å²) < 4.78 is 0. The zero-order chi connectivity index (χ0) is 31.9. The molecular weight excluding hydrogens is 566 g/mol. The van der Waals surface area contributed by atoms with Gasteiger partial charge in [0.2, 0.25) is 17.7 Å². The molecular formula is C30H39N9O5. The average molecular weight is 606 g/mol. The molecule has 44 heavy (non-hydrogen) atoms. The summed E-state index contributed by atoms with van der Waals surface area (Å²) in [7, 11) is 0. The number of imidazole rings is 1. The zero-order valence-electron chi connectivity index (χ0n) is 24.2. The van der Waals surface area contributed by atoms with Gasteiger partial charge in [0.25, 0.3) is 0 Å². The van der Waals surface area contributed by atoms with E-state index < -0.39 is 47.9 Å². The van der Waals surface area contributed by atoms with Crippen LogP contribution in [0.2, 0.25) is 0 Å². The summed E-state index contributed by atoms with van der Waals surface area (Å²) in [6.45, 7) is 0.295. The number of aliphatic imine (C=N–C) groups is 1. The number of nitrogens with one attached hydrogen (secondary N) is 4. The molecule has 1 heterocycles. The van der Waals surface area contributed by atoms with Crippen molar-refractivity contribution in [2.45, 2.75) is 56.3 Å². The SMILES string of the molecule is NC(N)=NCCCC(N)C(=O)NC(Cc1ccccc1)C(=O)NC(Cc1cnc[nH]1)C(=O)NC(Cc1ccccc1)C(=O)O. The van der Waals surface area contributed by atoms with Crippen LogP contribution in [0.4, 0.5) is 0 Å². The highest BCUT2D eigenvalue weighted by atomic mass is 16.4. The fraction of sp³-hybridized carbons (Fsp3) is 0.333. The molecule has 0 fully saturated rings. The topological polar surface area (TPSA) is 244 Å². The van der Waals surface area contributed by atoms with Crippen molar-refractivity contribution in [3.8, 4) is 0 Å². The summed E-state index contributed by atoms with van der Waals surface area (Å²) in [4.78, 5) is 62.9. The minimum Gasteiger partial charge on any atom is -0.480 e. The Morgan fingerprint density at radius 1 is 0.795 bits per heavy atom. The van der Waals surface area contributed by atoms with Crippen LogP contribution in [0.15, 0.2) is 78.2 Å². The van der Waals surface area contributed by atoms with E-state index in [1.807, 2.05) is 6.07 Å². The number of benzene rings is 2. The Kier molecular flexibility index (Phi) is 12.9. The van der Waals surface area contributed by atoms with Gasteiger partial charge in [-0.05, 0) is 24.0 Å². The van der Waals surface area contributed by atoms with Crippen LogP contribution in [-0.4, -0.2) is 75.4 Å². The van der Waals surface area contributed by atoms with Crippen LogP contribution in [0.1, 0.15) is 29.7 Å². The first-order valence-corrected chi connectivity index (χ1v) is 14.1. The number of aromatic amines is 1.